The summed E-state index contributed by atoms with van der Waals surface area (Å²) in [5.74, 6) is 0.559. The summed E-state index contributed by atoms with van der Waals surface area (Å²) in [6.45, 7) is 2.88. The van der Waals surface area contributed by atoms with Gasteiger partial charge in [-0.15, -0.1) is 0 Å². The molecule has 1 aliphatic rings. The lowest BCUT2D eigenvalue weighted by Gasteiger charge is -2.17. The van der Waals surface area contributed by atoms with Gasteiger partial charge in [0.25, 0.3) is 0 Å². The van der Waals surface area contributed by atoms with Crippen LogP contribution in [0.1, 0.15) is 26.2 Å². The zero-order valence-corrected chi connectivity index (χ0v) is 14.5. The van der Waals surface area contributed by atoms with E-state index in [1.54, 1.807) is 24.5 Å². The third kappa shape index (κ3) is 6.09. The fraction of sp³-hybridized carbons (Fsp3) is 0.562. The van der Waals surface area contributed by atoms with Crippen LogP contribution in [-0.2, 0) is 4.79 Å². The summed E-state index contributed by atoms with van der Waals surface area (Å²) in [7, 11) is 0. The van der Waals surface area contributed by atoms with Gasteiger partial charge in [-0.05, 0) is 44.6 Å². The molecule has 0 aromatic carbocycles. The van der Waals surface area contributed by atoms with Crippen molar-refractivity contribution in [1.29, 1.82) is 0 Å². The summed E-state index contributed by atoms with van der Waals surface area (Å²) in [6.07, 6.45) is 8.98. The van der Waals surface area contributed by atoms with Crippen LogP contribution in [0.15, 0.2) is 29.5 Å². The second kappa shape index (κ2) is 9.39. The van der Waals surface area contributed by atoms with Gasteiger partial charge in [-0.25, -0.2) is 4.99 Å². The number of aliphatic imine (C=N–C) groups is 1. The summed E-state index contributed by atoms with van der Waals surface area (Å²) < 4.78 is 0. The molecule has 1 saturated carbocycles. The monoisotopic (exact) mass is 335 g/mol. The van der Waals surface area contributed by atoms with Crippen molar-refractivity contribution in [3.8, 4) is 0 Å². The van der Waals surface area contributed by atoms with Crippen LogP contribution in [0.25, 0.3) is 0 Å². The lowest BCUT2D eigenvalue weighted by molar-refractivity contribution is -0.114. The maximum absolute atomic E-state index is 12.0. The van der Waals surface area contributed by atoms with Crippen molar-refractivity contribution < 1.29 is 4.79 Å². The molecule has 0 radical (unpaired) electrons. The van der Waals surface area contributed by atoms with E-state index in [-0.39, 0.29) is 12.5 Å². The molecule has 6 nitrogen and oxygen atoms in total. The number of carbonyl (C=O) groups excluding carboxylic acids is 1. The van der Waals surface area contributed by atoms with Gasteiger partial charge < -0.3 is 16.0 Å². The lowest BCUT2D eigenvalue weighted by Crippen LogP contribution is -2.43. The van der Waals surface area contributed by atoms with E-state index in [1.807, 2.05) is 18.7 Å². The number of rotatable bonds is 6. The first-order valence-corrected chi connectivity index (χ1v) is 9.27. The molecule has 7 heteroatoms. The molecule has 1 aliphatic carbocycles. The van der Waals surface area contributed by atoms with Gasteiger partial charge >= 0.3 is 0 Å². The number of pyridine rings is 1. The minimum Gasteiger partial charge on any atom is -0.357 e. The molecular formula is C16H25N5OS. The smallest absolute Gasteiger partial charge is 0.246 e. The first-order chi connectivity index (χ1) is 11.2. The van der Waals surface area contributed by atoms with E-state index in [0.717, 1.165) is 24.6 Å². The first-order valence-electron chi connectivity index (χ1n) is 7.98. The fourth-order valence-electron chi connectivity index (χ4n) is 2.59. The van der Waals surface area contributed by atoms with Crippen molar-refractivity contribution in [2.24, 2.45) is 4.99 Å². The molecule has 1 fully saturated rings. The van der Waals surface area contributed by atoms with Crippen LogP contribution in [0.2, 0.25) is 0 Å². The molecule has 3 N–H and O–H groups in total. The quantitative estimate of drug-likeness (QED) is 0.546. The number of thioether (sulfide) groups is 1. The third-order valence-corrected chi connectivity index (χ3v) is 4.82. The average Bonchev–Trinajstić information content (AvgIpc) is 3.01. The van der Waals surface area contributed by atoms with Gasteiger partial charge in [-0.1, -0.05) is 0 Å². The summed E-state index contributed by atoms with van der Waals surface area (Å²) in [4.78, 5) is 20.3. The number of carbonyl (C=O) groups is 1. The van der Waals surface area contributed by atoms with E-state index in [0.29, 0.717) is 17.7 Å². The van der Waals surface area contributed by atoms with E-state index in [4.69, 9.17) is 0 Å². The first kappa shape index (κ1) is 17.6. The van der Waals surface area contributed by atoms with Crippen LogP contribution in [0.5, 0.6) is 0 Å². The number of amides is 1. The summed E-state index contributed by atoms with van der Waals surface area (Å²) >= 11 is 1.93. The highest BCUT2D eigenvalue weighted by Gasteiger charge is 2.24. The highest BCUT2D eigenvalue weighted by atomic mass is 32.2. The Labute approximate surface area is 141 Å². The van der Waals surface area contributed by atoms with Crippen molar-refractivity contribution in [1.82, 2.24) is 15.6 Å². The van der Waals surface area contributed by atoms with Gasteiger partial charge in [0.05, 0.1) is 11.9 Å². The van der Waals surface area contributed by atoms with Crippen LogP contribution < -0.4 is 16.0 Å². The zero-order chi connectivity index (χ0) is 16.5. The van der Waals surface area contributed by atoms with Crippen LogP contribution in [0.4, 0.5) is 5.69 Å². The second-order valence-electron chi connectivity index (χ2n) is 5.50. The van der Waals surface area contributed by atoms with Crippen molar-refractivity contribution >= 4 is 29.3 Å². The predicted molar refractivity (Wildman–Crippen MR) is 96.9 cm³/mol. The van der Waals surface area contributed by atoms with Crippen LogP contribution >= 0.6 is 11.8 Å². The Morgan fingerprint density at radius 1 is 1.48 bits per heavy atom. The molecule has 2 unspecified atom stereocenters. The van der Waals surface area contributed by atoms with Gasteiger partial charge in [0.15, 0.2) is 5.96 Å². The fourth-order valence-corrected chi connectivity index (χ4v) is 3.38. The van der Waals surface area contributed by atoms with E-state index in [1.165, 1.54) is 6.42 Å². The molecule has 0 saturated heterocycles. The molecule has 1 heterocycles. The van der Waals surface area contributed by atoms with Crippen molar-refractivity contribution in [3.63, 3.8) is 0 Å². The Balaban J connectivity index is 1.84. The van der Waals surface area contributed by atoms with E-state index in [9.17, 15) is 4.79 Å². The number of hydrogen-bond acceptors (Lipinski definition) is 4. The average molecular weight is 335 g/mol. The Morgan fingerprint density at radius 3 is 3.00 bits per heavy atom. The van der Waals surface area contributed by atoms with Gasteiger partial charge in [0.2, 0.25) is 5.91 Å². The molecule has 1 amide bonds. The normalized spacial score (nSPS) is 21.0. The molecule has 2 atom stereocenters. The Kier molecular flexibility index (Phi) is 7.19. The topological polar surface area (TPSA) is 78.4 Å². The highest BCUT2D eigenvalue weighted by Crippen LogP contribution is 2.27. The van der Waals surface area contributed by atoms with Crippen molar-refractivity contribution in [3.05, 3.63) is 24.5 Å². The van der Waals surface area contributed by atoms with Gasteiger partial charge in [-0.2, -0.15) is 11.8 Å². The minimum absolute atomic E-state index is 0.0862. The molecule has 0 spiro atoms. The Bertz CT molecular complexity index is 522. The molecule has 126 valence electrons. The van der Waals surface area contributed by atoms with E-state index >= 15 is 0 Å². The second-order valence-corrected chi connectivity index (χ2v) is 6.64. The van der Waals surface area contributed by atoms with E-state index < -0.39 is 0 Å². The summed E-state index contributed by atoms with van der Waals surface area (Å²) in [5, 5.41) is 10.1. The van der Waals surface area contributed by atoms with Crippen LogP contribution in [0, 0.1) is 0 Å². The SMILES string of the molecule is CCNC(=NCC(=O)Nc1cccnc1)NC1CCC(SC)C1. The summed E-state index contributed by atoms with van der Waals surface area (Å²) in [5.41, 5.74) is 0.685. The number of aromatic nitrogens is 1. The maximum atomic E-state index is 12.0. The largest absolute Gasteiger partial charge is 0.357 e. The number of nitrogens with zero attached hydrogens (tertiary/aromatic N) is 2. The summed E-state index contributed by atoms with van der Waals surface area (Å²) in [6, 6.07) is 4.03. The van der Waals surface area contributed by atoms with Crippen LogP contribution in [0.3, 0.4) is 0 Å². The van der Waals surface area contributed by atoms with Crippen molar-refractivity contribution in [2.45, 2.75) is 37.5 Å². The van der Waals surface area contributed by atoms with Gasteiger partial charge in [0.1, 0.15) is 6.54 Å². The number of hydrogen-bond donors (Lipinski definition) is 3. The molecular weight excluding hydrogens is 310 g/mol. The third-order valence-electron chi connectivity index (χ3n) is 3.73. The van der Waals surface area contributed by atoms with Gasteiger partial charge in [0, 0.05) is 24.0 Å². The minimum atomic E-state index is -0.149. The van der Waals surface area contributed by atoms with Gasteiger partial charge in [-0.3, -0.25) is 9.78 Å². The van der Waals surface area contributed by atoms with Crippen molar-refractivity contribution in [2.75, 3.05) is 24.7 Å². The zero-order valence-electron chi connectivity index (χ0n) is 13.7. The molecule has 23 heavy (non-hydrogen) atoms. The Morgan fingerprint density at radius 2 is 2.35 bits per heavy atom. The van der Waals surface area contributed by atoms with Crippen LogP contribution in [-0.4, -0.2) is 47.5 Å². The lowest BCUT2D eigenvalue weighted by atomic mass is 10.2. The molecule has 0 aliphatic heterocycles. The van der Waals surface area contributed by atoms with E-state index in [2.05, 4.69) is 32.2 Å². The highest BCUT2D eigenvalue weighted by molar-refractivity contribution is 7.99. The number of anilines is 1. The number of guanidine groups is 1. The molecule has 2 rings (SSSR count). The molecule has 1 aromatic rings. The molecule has 0 bridgehead atoms. The Hall–Kier alpha value is -1.76. The standard InChI is InChI=1S/C16H25N5OS/c1-3-18-16(21-12-6-7-14(9-12)23-2)19-11-15(22)20-13-5-4-8-17-10-13/h4-5,8,10,12,14H,3,6-7,9,11H2,1-2H3,(H,20,22)(H2,18,19,21). The maximum Gasteiger partial charge on any atom is 0.246 e. The number of nitrogens with one attached hydrogen (secondary N) is 3. The predicted octanol–water partition coefficient (Wildman–Crippen LogP) is 1.86. The molecule has 1 aromatic heterocycles.